The third kappa shape index (κ3) is 4.07. The normalized spacial score (nSPS) is 10.4. The molecule has 0 spiro atoms. The van der Waals surface area contributed by atoms with Crippen LogP contribution in [0.4, 0.5) is 0 Å². The Morgan fingerprint density at radius 1 is 1.08 bits per heavy atom. The van der Waals surface area contributed by atoms with Crippen molar-refractivity contribution in [2.24, 2.45) is 0 Å². The molecule has 0 amide bonds. The van der Waals surface area contributed by atoms with Gasteiger partial charge < -0.3 is 4.74 Å². The van der Waals surface area contributed by atoms with Crippen molar-refractivity contribution in [2.75, 3.05) is 6.61 Å². The van der Waals surface area contributed by atoms with Gasteiger partial charge in [-0.05, 0) is 42.8 Å². The molecule has 25 heavy (non-hydrogen) atoms. The van der Waals surface area contributed by atoms with Crippen LogP contribution in [0.15, 0.2) is 60.8 Å². The van der Waals surface area contributed by atoms with Crippen molar-refractivity contribution in [3.63, 3.8) is 0 Å². The Kier molecular flexibility index (Phi) is 5.48. The molecular weight excluding hydrogens is 310 g/mol. The first-order chi connectivity index (χ1) is 12.3. The summed E-state index contributed by atoms with van der Waals surface area (Å²) in [5.74, 6) is 0.863. The van der Waals surface area contributed by atoms with Crippen molar-refractivity contribution in [1.82, 2.24) is 9.78 Å². The standard InChI is InChI=1S/C21H21N3O/c1-2-3-15-25-20-11-9-17(10-12-20)21-18(13-14-22)16-24(23-21)19-7-5-4-6-8-19/h4-12,16H,2-3,13,15H2,1H3. The van der Waals surface area contributed by atoms with Crippen molar-refractivity contribution in [2.45, 2.75) is 26.2 Å². The van der Waals surface area contributed by atoms with Crippen LogP contribution in [0.3, 0.4) is 0 Å². The van der Waals surface area contributed by atoms with Crippen LogP contribution < -0.4 is 4.74 Å². The lowest BCUT2D eigenvalue weighted by Gasteiger charge is -2.06. The molecule has 1 heterocycles. The molecule has 0 aliphatic heterocycles. The average Bonchev–Trinajstić information content (AvgIpc) is 3.08. The number of hydrogen-bond donors (Lipinski definition) is 0. The fourth-order valence-corrected chi connectivity index (χ4v) is 2.62. The molecule has 0 fully saturated rings. The summed E-state index contributed by atoms with van der Waals surface area (Å²) in [6.07, 6.45) is 4.43. The fourth-order valence-electron chi connectivity index (χ4n) is 2.62. The lowest BCUT2D eigenvalue weighted by Crippen LogP contribution is -1.96. The maximum Gasteiger partial charge on any atom is 0.119 e. The number of ether oxygens (including phenoxy) is 1. The van der Waals surface area contributed by atoms with Crippen molar-refractivity contribution < 1.29 is 4.74 Å². The predicted molar refractivity (Wildman–Crippen MR) is 98.7 cm³/mol. The van der Waals surface area contributed by atoms with Gasteiger partial charge in [0.15, 0.2) is 0 Å². The van der Waals surface area contributed by atoms with Crippen LogP contribution in [0.1, 0.15) is 25.3 Å². The van der Waals surface area contributed by atoms with E-state index < -0.39 is 0 Å². The smallest absolute Gasteiger partial charge is 0.119 e. The van der Waals surface area contributed by atoms with Gasteiger partial charge in [-0.25, -0.2) is 4.68 Å². The van der Waals surface area contributed by atoms with Crippen LogP contribution >= 0.6 is 0 Å². The molecule has 0 radical (unpaired) electrons. The van der Waals surface area contributed by atoms with Crippen LogP contribution in [0.25, 0.3) is 16.9 Å². The van der Waals surface area contributed by atoms with E-state index in [0.29, 0.717) is 6.42 Å². The van der Waals surface area contributed by atoms with Crippen molar-refractivity contribution in [3.05, 3.63) is 66.4 Å². The summed E-state index contributed by atoms with van der Waals surface area (Å²) in [7, 11) is 0. The molecule has 1 aromatic heterocycles. The Hall–Kier alpha value is -3.06. The minimum Gasteiger partial charge on any atom is -0.494 e. The molecule has 0 aliphatic carbocycles. The number of para-hydroxylation sites is 1. The van der Waals surface area contributed by atoms with E-state index in [4.69, 9.17) is 15.1 Å². The van der Waals surface area contributed by atoms with Gasteiger partial charge in [0.05, 0.1) is 30.5 Å². The predicted octanol–water partition coefficient (Wildman–Crippen LogP) is 4.78. The van der Waals surface area contributed by atoms with Gasteiger partial charge in [0, 0.05) is 17.3 Å². The number of benzene rings is 2. The zero-order chi connectivity index (χ0) is 17.5. The number of hydrogen-bond acceptors (Lipinski definition) is 3. The number of rotatable bonds is 7. The first-order valence-electron chi connectivity index (χ1n) is 8.56. The Morgan fingerprint density at radius 3 is 2.52 bits per heavy atom. The quantitative estimate of drug-likeness (QED) is 0.585. The Morgan fingerprint density at radius 2 is 1.84 bits per heavy atom. The van der Waals surface area contributed by atoms with E-state index >= 15 is 0 Å². The maximum absolute atomic E-state index is 9.13. The second-order valence-electron chi connectivity index (χ2n) is 5.84. The molecule has 0 N–H and O–H groups in total. The number of unbranched alkanes of at least 4 members (excludes halogenated alkanes) is 1. The lowest BCUT2D eigenvalue weighted by atomic mass is 10.1. The van der Waals surface area contributed by atoms with Gasteiger partial charge in [0.2, 0.25) is 0 Å². The first-order valence-corrected chi connectivity index (χ1v) is 8.56. The SMILES string of the molecule is CCCCOc1ccc(-c2nn(-c3ccccc3)cc2CC#N)cc1. The molecule has 0 saturated carbocycles. The molecule has 4 heteroatoms. The molecule has 3 rings (SSSR count). The highest BCUT2D eigenvalue weighted by Crippen LogP contribution is 2.26. The summed E-state index contributed by atoms with van der Waals surface area (Å²) in [4.78, 5) is 0. The number of aromatic nitrogens is 2. The van der Waals surface area contributed by atoms with Crippen molar-refractivity contribution in [1.29, 1.82) is 5.26 Å². The molecule has 2 aromatic carbocycles. The molecule has 4 nitrogen and oxygen atoms in total. The van der Waals surface area contributed by atoms with Gasteiger partial charge in [-0.3, -0.25) is 0 Å². The number of nitriles is 1. The van der Waals surface area contributed by atoms with E-state index in [9.17, 15) is 0 Å². The van der Waals surface area contributed by atoms with Crippen molar-refractivity contribution in [3.8, 4) is 28.8 Å². The summed E-state index contributed by atoms with van der Waals surface area (Å²) < 4.78 is 7.54. The van der Waals surface area contributed by atoms with Crippen LogP contribution in [0.5, 0.6) is 5.75 Å². The van der Waals surface area contributed by atoms with Gasteiger partial charge in [-0.2, -0.15) is 10.4 Å². The van der Waals surface area contributed by atoms with E-state index in [2.05, 4.69) is 13.0 Å². The molecule has 0 atom stereocenters. The zero-order valence-corrected chi connectivity index (χ0v) is 14.4. The second-order valence-corrected chi connectivity index (χ2v) is 5.84. The maximum atomic E-state index is 9.13. The fraction of sp³-hybridized carbons (Fsp3) is 0.238. The topological polar surface area (TPSA) is 50.8 Å². The minimum atomic E-state index is 0.330. The molecule has 0 aliphatic rings. The van der Waals surface area contributed by atoms with Gasteiger partial charge >= 0.3 is 0 Å². The average molecular weight is 331 g/mol. The molecule has 0 unspecified atom stereocenters. The Labute approximate surface area is 148 Å². The monoisotopic (exact) mass is 331 g/mol. The summed E-state index contributed by atoms with van der Waals surface area (Å²) >= 11 is 0. The van der Waals surface area contributed by atoms with Gasteiger partial charge in [0.25, 0.3) is 0 Å². The van der Waals surface area contributed by atoms with E-state index in [1.54, 1.807) is 0 Å². The van der Waals surface area contributed by atoms with Gasteiger partial charge in [-0.15, -0.1) is 0 Å². The second kappa shape index (κ2) is 8.16. The Bertz CT molecular complexity index is 845. The summed E-state index contributed by atoms with van der Waals surface area (Å²) in [6.45, 7) is 2.88. The molecule has 126 valence electrons. The largest absolute Gasteiger partial charge is 0.494 e. The van der Waals surface area contributed by atoms with E-state index in [0.717, 1.165) is 47.7 Å². The first kappa shape index (κ1) is 16.8. The molecule has 0 saturated heterocycles. The van der Waals surface area contributed by atoms with Crippen LogP contribution in [0.2, 0.25) is 0 Å². The summed E-state index contributed by atoms with van der Waals surface area (Å²) in [5, 5.41) is 13.8. The molecule has 3 aromatic rings. The van der Waals surface area contributed by atoms with Crippen LogP contribution in [0, 0.1) is 11.3 Å². The van der Waals surface area contributed by atoms with Gasteiger partial charge in [-0.1, -0.05) is 31.5 Å². The van der Waals surface area contributed by atoms with Crippen LogP contribution in [-0.4, -0.2) is 16.4 Å². The highest BCUT2D eigenvalue weighted by atomic mass is 16.5. The van der Waals surface area contributed by atoms with Gasteiger partial charge in [0.1, 0.15) is 5.75 Å². The molecular formula is C21H21N3O. The molecule has 0 bridgehead atoms. The lowest BCUT2D eigenvalue weighted by molar-refractivity contribution is 0.309. The van der Waals surface area contributed by atoms with Crippen molar-refractivity contribution >= 4 is 0 Å². The Balaban J connectivity index is 1.88. The van der Waals surface area contributed by atoms with Crippen LogP contribution in [-0.2, 0) is 6.42 Å². The zero-order valence-electron chi connectivity index (χ0n) is 14.4. The van der Waals surface area contributed by atoms with E-state index in [1.165, 1.54) is 0 Å². The van der Waals surface area contributed by atoms with E-state index in [-0.39, 0.29) is 0 Å². The third-order valence-corrected chi connectivity index (χ3v) is 3.97. The van der Waals surface area contributed by atoms with E-state index in [1.807, 2.05) is 65.5 Å². The third-order valence-electron chi connectivity index (χ3n) is 3.97. The number of nitrogens with zero attached hydrogens (tertiary/aromatic N) is 3. The highest BCUT2D eigenvalue weighted by molar-refractivity contribution is 5.64. The minimum absolute atomic E-state index is 0.330. The highest BCUT2D eigenvalue weighted by Gasteiger charge is 2.12. The summed E-state index contributed by atoms with van der Waals surface area (Å²) in [6, 6.07) is 20.1. The summed E-state index contributed by atoms with van der Waals surface area (Å²) in [5.41, 5.74) is 3.73.